The monoisotopic (exact) mass is 313 g/mol. The Morgan fingerprint density at radius 1 is 1.30 bits per heavy atom. The van der Waals surface area contributed by atoms with Crippen molar-refractivity contribution in [3.63, 3.8) is 0 Å². The number of piperidine rings is 1. The van der Waals surface area contributed by atoms with E-state index in [-0.39, 0.29) is 6.03 Å². The molecule has 0 aliphatic carbocycles. The fraction of sp³-hybridized carbons (Fsp3) is 0.471. The summed E-state index contributed by atoms with van der Waals surface area (Å²) in [6.45, 7) is 6.58. The first-order chi connectivity index (χ1) is 11.1. The lowest BCUT2D eigenvalue weighted by Gasteiger charge is -2.34. The van der Waals surface area contributed by atoms with E-state index in [4.69, 9.17) is 0 Å². The number of hydrogen-bond acceptors (Lipinski definition) is 3. The molecule has 1 aliphatic rings. The van der Waals surface area contributed by atoms with Crippen molar-refractivity contribution in [2.45, 2.75) is 26.8 Å². The van der Waals surface area contributed by atoms with Crippen molar-refractivity contribution in [2.24, 2.45) is 11.8 Å². The Balaban J connectivity index is 1.54. The predicted octanol–water partition coefficient (Wildman–Crippen LogP) is 2.45. The molecule has 2 aromatic rings. The second kappa shape index (κ2) is 6.81. The maximum absolute atomic E-state index is 12.3. The third kappa shape index (κ3) is 3.88. The van der Waals surface area contributed by atoms with Crippen LogP contribution in [0.3, 0.4) is 0 Å². The molecule has 1 aliphatic heterocycles. The molecule has 0 radical (unpaired) electrons. The van der Waals surface area contributed by atoms with Gasteiger partial charge in [0.2, 0.25) is 0 Å². The minimum atomic E-state index is 0.0158. The van der Waals surface area contributed by atoms with Crippen LogP contribution in [0.1, 0.15) is 25.8 Å². The number of nitrogens with zero attached hydrogens (tertiary/aromatic N) is 4. The molecule has 2 amide bonds. The van der Waals surface area contributed by atoms with E-state index < -0.39 is 0 Å². The minimum Gasteiger partial charge on any atom is -0.334 e. The van der Waals surface area contributed by atoms with Crippen LogP contribution in [-0.2, 0) is 6.54 Å². The molecule has 0 saturated carbocycles. The summed E-state index contributed by atoms with van der Waals surface area (Å²) >= 11 is 0. The van der Waals surface area contributed by atoms with E-state index in [0.717, 1.165) is 24.5 Å². The average molecular weight is 313 g/mol. The maximum Gasteiger partial charge on any atom is 0.317 e. The molecular formula is C17H23N5O. The molecule has 3 rings (SSSR count). The highest BCUT2D eigenvalue weighted by Crippen LogP contribution is 2.20. The molecule has 0 aromatic carbocycles. The first kappa shape index (κ1) is 15.5. The Labute approximate surface area is 136 Å². The lowest BCUT2D eigenvalue weighted by molar-refractivity contribution is 0.146. The minimum absolute atomic E-state index is 0.0158. The molecule has 6 heteroatoms. The van der Waals surface area contributed by atoms with Gasteiger partial charge in [-0.1, -0.05) is 19.9 Å². The molecule has 23 heavy (non-hydrogen) atoms. The van der Waals surface area contributed by atoms with Gasteiger partial charge in [0, 0.05) is 38.2 Å². The van der Waals surface area contributed by atoms with Crippen LogP contribution in [0.15, 0.2) is 37.1 Å². The van der Waals surface area contributed by atoms with Crippen molar-refractivity contribution in [1.82, 2.24) is 24.8 Å². The number of pyridine rings is 1. The highest BCUT2D eigenvalue weighted by atomic mass is 16.2. The zero-order valence-electron chi connectivity index (χ0n) is 13.6. The predicted molar refractivity (Wildman–Crippen MR) is 88.1 cm³/mol. The molecule has 1 fully saturated rings. The Morgan fingerprint density at radius 2 is 2.09 bits per heavy atom. The van der Waals surface area contributed by atoms with Gasteiger partial charge in [-0.15, -0.1) is 0 Å². The number of likely N-dealkylation sites (tertiary alicyclic amines) is 1. The third-order valence-corrected chi connectivity index (χ3v) is 4.18. The normalized spacial score (nSPS) is 21.2. The molecule has 6 nitrogen and oxygen atoms in total. The van der Waals surface area contributed by atoms with Crippen LogP contribution < -0.4 is 5.32 Å². The smallest absolute Gasteiger partial charge is 0.317 e. The van der Waals surface area contributed by atoms with Crippen molar-refractivity contribution >= 4 is 6.03 Å². The lowest BCUT2D eigenvalue weighted by atomic mass is 9.92. The van der Waals surface area contributed by atoms with Crippen molar-refractivity contribution < 1.29 is 4.79 Å². The van der Waals surface area contributed by atoms with Crippen molar-refractivity contribution in [1.29, 1.82) is 0 Å². The van der Waals surface area contributed by atoms with Gasteiger partial charge in [0.25, 0.3) is 0 Å². The fourth-order valence-electron chi connectivity index (χ4n) is 3.19. The van der Waals surface area contributed by atoms with Crippen LogP contribution in [0.5, 0.6) is 0 Å². The van der Waals surface area contributed by atoms with Crippen LogP contribution in [0, 0.1) is 11.8 Å². The number of imidazole rings is 1. The molecule has 2 unspecified atom stereocenters. The highest BCUT2D eigenvalue weighted by Gasteiger charge is 2.25. The van der Waals surface area contributed by atoms with E-state index in [9.17, 15) is 4.79 Å². The Hall–Kier alpha value is -2.37. The topological polar surface area (TPSA) is 63.1 Å². The van der Waals surface area contributed by atoms with Crippen LogP contribution in [-0.4, -0.2) is 38.6 Å². The molecule has 2 aromatic heterocycles. The number of urea groups is 1. The van der Waals surface area contributed by atoms with Crippen molar-refractivity contribution in [3.05, 3.63) is 42.6 Å². The van der Waals surface area contributed by atoms with Gasteiger partial charge < -0.3 is 10.2 Å². The largest absolute Gasteiger partial charge is 0.334 e. The summed E-state index contributed by atoms with van der Waals surface area (Å²) in [4.78, 5) is 22.6. The van der Waals surface area contributed by atoms with Crippen molar-refractivity contribution in [2.75, 3.05) is 13.1 Å². The summed E-state index contributed by atoms with van der Waals surface area (Å²) in [5.74, 6) is 1.96. The molecule has 3 heterocycles. The summed E-state index contributed by atoms with van der Waals surface area (Å²) in [7, 11) is 0. The number of hydrogen-bond donors (Lipinski definition) is 1. The summed E-state index contributed by atoms with van der Waals surface area (Å²) in [5, 5.41) is 2.99. The van der Waals surface area contributed by atoms with E-state index in [1.165, 1.54) is 6.42 Å². The zero-order valence-corrected chi connectivity index (χ0v) is 13.6. The first-order valence-electron chi connectivity index (χ1n) is 8.08. The van der Waals surface area contributed by atoms with Gasteiger partial charge in [0.15, 0.2) is 0 Å². The quantitative estimate of drug-likeness (QED) is 0.947. The SMILES string of the molecule is CC1CC(C)CN(C(=O)NCc2ccc(-n3ccnc3)nc2)C1. The van der Waals surface area contributed by atoms with E-state index in [1.54, 1.807) is 18.7 Å². The van der Waals surface area contributed by atoms with Crippen LogP contribution >= 0.6 is 0 Å². The number of amides is 2. The first-order valence-corrected chi connectivity index (χ1v) is 8.08. The summed E-state index contributed by atoms with van der Waals surface area (Å²) in [6.07, 6.45) is 8.27. The number of nitrogens with one attached hydrogen (secondary N) is 1. The van der Waals surface area contributed by atoms with E-state index in [0.29, 0.717) is 18.4 Å². The zero-order chi connectivity index (χ0) is 16.2. The van der Waals surface area contributed by atoms with Gasteiger partial charge in [-0.2, -0.15) is 0 Å². The van der Waals surface area contributed by atoms with Gasteiger partial charge >= 0.3 is 6.03 Å². The molecule has 1 saturated heterocycles. The number of aromatic nitrogens is 3. The van der Waals surface area contributed by atoms with Gasteiger partial charge in [-0.25, -0.2) is 14.8 Å². The number of carbonyl (C=O) groups excluding carboxylic acids is 1. The average Bonchev–Trinajstić information content (AvgIpc) is 3.06. The van der Waals surface area contributed by atoms with Crippen LogP contribution in [0.2, 0.25) is 0 Å². The molecule has 0 bridgehead atoms. The summed E-state index contributed by atoms with van der Waals surface area (Å²) in [5.41, 5.74) is 0.986. The Kier molecular flexibility index (Phi) is 4.60. The second-order valence-electron chi connectivity index (χ2n) is 6.50. The highest BCUT2D eigenvalue weighted by molar-refractivity contribution is 5.74. The van der Waals surface area contributed by atoms with Gasteiger partial charge in [0.05, 0.1) is 0 Å². The molecule has 0 spiro atoms. The third-order valence-electron chi connectivity index (χ3n) is 4.18. The fourth-order valence-corrected chi connectivity index (χ4v) is 3.19. The van der Waals surface area contributed by atoms with Gasteiger partial charge in [0.1, 0.15) is 12.1 Å². The number of carbonyl (C=O) groups is 1. The molecule has 122 valence electrons. The van der Waals surface area contributed by atoms with Crippen molar-refractivity contribution in [3.8, 4) is 5.82 Å². The molecular weight excluding hydrogens is 290 g/mol. The van der Waals surface area contributed by atoms with Gasteiger partial charge in [-0.3, -0.25) is 4.57 Å². The van der Waals surface area contributed by atoms with E-state index in [1.807, 2.05) is 27.8 Å². The molecule has 2 atom stereocenters. The van der Waals surface area contributed by atoms with E-state index in [2.05, 4.69) is 29.1 Å². The number of rotatable bonds is 3. The van der Waals surface area contributed by atoms with E-state index >= 15 is 0 Å². The standard InChI is InChI=1S/C17H23N5O/c1-13-7-14(2)11-22(10-13)17(23)20-9-15-3-4-16(19-8-15)21-6-5-18-12-21/h3-6,8,12-14H,7,9-11H2,1-2H3,(H,20,23). The Morgan fingerprint density at radius 3 is 2.70 bits per heavy atom. The molecule has 1 N–H and O–H groups in total. The van der Waals surface area contributed by atoms with Gasteiger partial charge in [-0.05, 0) is 29.9 Å². The summed E-state index contributed by atoms with van der Waals surface area (Å²) in [6, 6.07) is 3.92. The van der Waals surface area contributed by atoms with Crippen LogP contribution in [0.25, 0.3) is 5.82 Å². The lowest BCUT2D eigenvalue weighted by Crippen LogP contribution is -2.47. The second-order valence-corrected chi connectivity index (χ2v) is 6.50. The van der Waals surface area contributed by atoms with Crippen LogP contribution in [0.4, 0.5) is 4.79 Å². The summed E-state index contributed by atoms with van der Waals surface area (Å²) < 4.78 is 1.85. The Bertz CT molecular complexity index is 628. The maximum atomic E-state index is 12.3.